The van der Waals surface area contributed by atoms with Crippen molar-refractivity contribution in [3.63, 3.8) is 0 Å². The van der Waals surface area contributed by atoms with Crippen LogP contribution in [0.5, 0.6) is 0 Å². The Hall–Kier alpha value is -1.59. The Labute approximate surface area is 109 Å². The van der Waals surface area contributed by atoms with E-state index >= 15 is 0 Å². The fourth-order valence-electron chi connectivity index (χ4n) is 2.44. The summed E-state index contributed by atoms with van der Waals surface area (Å²) in [7, 11) is 0. The Morgan fingerprint density at radius 1 is 1.28 bits per heavy atom. The lowest BCUT2D eigenvalue weighted by molar-refractivity contribution is 0.407. The van der Waals surface area contributed by atoms with Gasteiger partial charge in [0, 0.05) is 6.04 Å². The van der Waals surface area contributed by atoms with E-state index in [1.54, 1.807) is 0 Å². The van der Waals surface area contributed by atoms with Gasteiger partial charge in [-0.2, -0.15) is 5.26 Å². The van der Waals surface area contributed by atoms with Crippen LogP contribution < -0.4 is 5.32 Å². The van der Waals surface area contributed by atoms with Gasteiger partial charge >= 0.3 is 0 Å². The lowest BCUT2D eigenvalue weighted by Gasteiger charge is -2.22. The van der Waals surface area contributed by atoms with Crippen molar-refractivity contribution in [2.45, 2.75) is 31.7 Å². The number of nitrogens with zero attached hydrogens (tertiary/aromatic N) is 1. The van der Waals surface area contributed by atoms with Gasteiger partial charge in [-0.15, -0.1) is 0 Å². The average molecular weight is 240 g/mol. The highest BCUT2D eigenvalue weighted by Gasteiger charge is 2.14. The molecule has 1 aromatic rings. The molecule has 0 heterocycles. The summed E-state index contributed by atoms with van der Waals surface area (Å²) < 4.78 is 0. The lowest BCUT2D eigenvalue weighted by Crippen LogP contribution is -2.27. The van der Waals surface area contributed by atoms with E-state index in [0.29, 0.717) is 6.42 Å². The number of allylic oxidation sites excluding steroid dienone is 2. The summed E-state index contributed by atoms with van der Waals surface area (Å²) in [6.07, 6.45) is 8.70. The van der Waals surface area contributed by atoms with Gasteiger partial charge in [-0.3, -0.25) is 0 Å². The van der Waals surface area contributed by atoms with Crippen LogP contribution in [0.2, 0.25) is 0 Å². The maximum atomic E-state index is 8.93. The molecular weight excluding hydrogens is 220 g/mol. The van der Waals surface area contributed by atoms with Crippen LogP contribution in [0.3, 0.4) is 0 Å². The van der Waals surface area contributed by atoms with Crippen LogP contribution in [-0.4, -0.2) is 6.54 Å². The number of rotatable bonds is 5. The molecule has 0 aliphatic heterocycles. The molecule has 1 N–H and O–H groups in total. The van der Waals surface area contributed by atoms with E-state index in [4.69, 9.17) is 5.26 Å². The molecule has 2 nitrogen and oxygen atoms in total. The van der Waals surface area contributed by atoms with E-state index in [0.717, 1.165) is 12.5 Å². The van der Waals surface area contributed by atoms with Gasteiger partial charge < -0.3 is 5.32 Å². The highest BCUT2D eigenvalue weighted by atomic mass is 14.9. The fraction of sp³-hybridized carbons (Fsp3) is 0.438. The van der Waals surface area contributed by atoms with Crippen LogP contribution >= 0.6 is 0 Å². The lowest BCUT2D eigenvalue weighted by atomic mass is 9.93. The van der Waals surface area contributed by atoms with Crippen LogP contribution in [0.4, 0.5) is 0 Å². The van der Waals surface area contributed by atoms with E-state index < -0.39 is 0 Å². The molecule has 2 rings (SSSR count). The number of benzene rings is 1. The topological polar surface area (TPSA) is 35.8 Å². The predicted molar refractivity (Wildman–Crippen MR) is 73.9 cm³/mol. The Balaban J connectivity index is 1.90. The summed E-state index contributed by atoms with van der Waals surface area (Å²) in [5, 5.41) is 12.5. The third-order valence-electron chi connectivity index (χ3n) is 3.53. The van der Waals surface area contributed by atoms with Crippen LogP contribution in [0.15, 0.2) is 42.5 Å². The molecule has 1 aliphatic carbocycles. The maximum Gasteiger partial charge on any atom is 0.0641 e. The Morgan fingerprint density at radius 3 is 2.78 bits per heavy atom. The molecule has 0 amide bonds. The Bertz CT molecular complexity index is 416. The number of hydrogen-bond donors (Lipinski definition) is 1. The molecule has 1 aromatic carbocycles. The number of nitrogens with one attached hydrogen (secondary N) is 1. The van der Waals surface area contributed by atoms with Gasteiger partial charge in [-0.25, -0.2) is 0 Å². The van der Waals surface area contributed by atoms with Crippen molar-refractivity contribution in [3.05, 3.63) is 48.0 Å². The molecule has 2 atom stereocenters. The molecule has 0 fully saturated rings. The van der Waals surface area contributed by atoms with Crippen molar-refractivity contribution >= 4 is 0 Å². The van der Waals surface area contributed by atoms with Crippen molar-refractivity contribution in [1.82, 2.24) is 5.32 Å². The van der Waals surface area contributed by atoms with Gasteiger partial charge in [0.25, 0.3) is 0 Å². The highest BCUT2D eigenvalue weighted by Crippen LogP contribution is 2.20. The zero-order valence-electron chi connectivity index (χ0n) is 10.7. The first-order valence-corrected chi connectivity index (χ1v) is 6.70. The average Bonchev–Trinajstić information content (AvgIpc) is 2.45. The van der Waals surface area contributed by atoms with Crippen LogP contribution in [0, 0.1) is 17.2 Å². The minimum atomic E-state index is 0.169. The normalized spacial score (nSPS) is 20.3. The third kappa shape index (κ3) is 3.72. The summed E-state index contributed by atoms with van der Waals surface area (Å²) in [6.45, 7) is 1.01. The first-order chi connectivity index (χ1) is 8.90. The van der Waals surface area contributed by atoms with Gasteiger partial charge in [-0.1, -0.05) is 42.5 Å². The molecule has 1 aliphatic rings. The van der Waals surface area contributed by atoms with Crippen molar-refractivity contribution < 1.29 is 0 Å². The van der Waals surface area contributed by atoms with Gasteiger partial charge in [-0.05, 0) is 37.3 Å². The second kappa shape index (κ2) is 6.98. The highest BCUT2D eigenvalue weighted by molar-refractivity contribution is 5.19. The summed E-state index contributed by atoms with van der Waals surface area (Å²) in [5.74, 6) is 0.722. The summed E-state index contributed by atoms with van der Waals surface area (Å²) in [4.78, 5) is 0. The van der Waals surface area contributed by atoms with Crippen molar-refractivity contribution in [1.29, 1.82) is 5.26 Å². The zero-order chi connectivity index (χ0) is 12.6. The van der Waals surface area contributed by atoms with E-state index in [1.165, 1.54) is 24.8 Å². The van der Waals surface area contributed by atoms with E-state index in [-0.39, 0.29) is 6.04 Å². The van der Waals surface area contributed by atoms with Gasteiger partial charge in [0.05, 0.1) is 12.5 Å². The Morgan fingerprint density at radius 2 is 2.11 bits per heavy atom. The second-order valence-electron chi connectivity index (χ2n) is 4.88. The van der Waals surface area contributed by atoms with Crippen molar-refractivity contribution in [3.8, 4) is 6.07 Å². The van der Waals surface area contributed by atoms with E-state index in [1.807, 2.05) is 18.2 Å². The molecule has 94 valence electrons. The maximum absolute atomic E-state index is 8.93. The minimum absolute atomic E-state index is 0.169. The largest absolute Gasteiger partial charge is 0.309 e. The SMILES string of the molecule is N#CCC(NCC1CC=CCC1)c1ccccc1. The monoisotopic (exact) mass is 240 g/mol. The van der Waals surface area contributed by atoms with Gasteiger partial charge in [0.2, 0.25) is 0 Å². The standard InChI is InChI=1S/C16H20N2/c17-12-11-16(15-9-5-2-6-10-15)18-13-14-7-3-1-4-8-14/h1-3,5-6,9-10,14,16,18H,4,7-8,11,13H2. The number of nitriles is 1. The smallest absolute Gasteiger partial charge is 0.0641 e. The predicted octanol–water partition coefficient (Wildman–Crippen LogP) is 3.59. The van der Waals surface area contributed by atoms with Crippen LogP contribution in [0.1, 0.15) is 37.3 Å². The molecule has 2 heteroatoms. The Kier molecular flexibility index (Phi) is 4.99. The third-order valence-corrected chi connectivity index (χ3v) is 3.53. The summed E-state index contributed by atoms with van der Waals surface area (Å²) in [6, 6.07) is 12.7. The second-order valence-corrected chi connectivity index (χ2v) is 4.88. The van der Waals surface area contributed by atoms with Crippen LogP contribution in [0.25, 0.3) is 0 Å². The quantitative estimate of drug-likeness (QED) is 0.798. The molecule has 0 aromatic heterocycles. The molecule has 0 spiro atoms. The van der Waals surface area contributed by atoms with Crippen LogP contribution in [-0.2, 0) is 0 Å². The van der Waals surface area contributed by atoms with Gasteiger partial charge in [0.15, 0.2) is 0 Å². The molecule has 0 bridgehead atoms. The molecule has 2 unspecified atom stereocenters. The number of hydrogen-bond acceptors (Lipinski definition) is 2. The molecule has 0 radical (unpaired) electrons. The summed E-state index contributed by atoms with van der Waals surface area (Å²) >= 11 is 0. The first-order valence-electron chi connectivity index (χ1n) is 6.70. The fourth-order valence-corrected chi connectivity index (χ4v) is 2.44. The molecule has 0 saturated carbocycles. The molecular formula is C16H20N2. The zero-order valence-corrected chi connectivity index (χ0v) is 10.7. The first kappa shape index (κ1) is 12.9. The van der Waals surface area contributed by atoms with Crippen molar-refractivity contribution in [2.24, 2.45) is 5.92 Å². The van der Waals surface area contributed by atoms with E-state index in [2.05, 4.69) is 35.7 Å². The van der Waals surface area contributed by atoms with E-state index in [9.17, 15) is 0 Å². The summed E-state index contributed by atoms with van der Waals surface area (Å²) in [5.41, 5.74) is 1.21. The minimum Gasteiger partial charge on any atom is -0.309 e. The van der Waals surface area contributed by atoms with Gasteiger partial charge in [0.1, 0.15) is 0 Å². The molecule has 0 saturated heterocycles. The molecule has 18 heavy (non-hydrogen) atoms. The van der Waals surface area contributed by atoms with Crippen molar-refractivity contribution in [2.75, 3.05) is 6.54 Å².